The Bertz CT molecular complexity index is 1150. The highest BCUT2D eigenvalue weighted by Gasteiger charge is 2.25. The van der Waals surface area contributed by atoms with E-state index in [1.165, 1.54) is 0 Å². The first-order chi connectivity index (χ1) is 13.0. The van der Waals surface area contributed by atoms with Crippen LogP contribution in [0.2, 0.25) is 0 Å². The molecule has 0 bridgehead atoms. The molecule has 0 aliphatic rings. The summed E-state index contributed by atoms with van der Waals surface area (Å²) in [5.41, 5.74) is 2.49. The lowest BCUT2D eigenvalue weighted by atomic mass is 10.2. The van der Waals surface area contributed by atoms with E-state index in [1.807, 2.05) is 37.3 Å². The second kappa shape index (κ2) is 7.83. The zero-order valence-electron chi connectivity index (χ0n) is 14.8. The van der Waals surface area contributed by atoms with Crippen molar-refractivity contribution in [3.63, 3.8) is 0 Å². The lowest BCUT2D eigenvalue weighted by Crippen LogP contribution is -2.27. The number of benzene rings is 3. The number of sulfonamides is 1. The Kier molecular flexibility index (Phi) is 5.31. The molecule has 3 aromatic rings. The van der Waals surface area contributed by atoms with E-state index in [2.05, 4.69) is 17.9 Å². The maximum atomic E-state index is 13.3. The maximum Gasteiger partial charge on any atom is 0.275 e. The van der Waals surface area contributed by atoms with Crippen molar-refractivity contribution in [3.05, 3.63) is 95.6 Å². The molecule has 0 fully saturated rings. The average molecular weight is 371 g/mol. The Labute approximate surface area is 160 Å². The molecular formula is C23H17NO2S. The normalized spacial score (nSPS) is 10.4. The number of rotatable bonds is 3. The summed E-state index contributed by atoms with van der Waals surface area (Å²) in [7, 11) is -3.91. The van der Waals surface area contributed by atoms with Gasteiger partial charge in [-0.15, -0.1) is 6.42 Å². The second-order valence-corrected chi connectivity index (χ2v) is 7.63. The molecule has 0 heterocycles. The van der Waals surface area contributed by atoms with Crippen molar-refractivity contribution >= 4 is 15.7 Å². The van der Waals surface area contributed by atoms with Gasteiger partial charge >= 0.3 is 0 Å². The van der Waals surface area contributed by atoms with E-state index in [4.69, 9.17) is 6.42 Å². The van der Waals surface area contributed by atoms with Crippen LogP contribution in [0.5, 0.6) is 0 Å². The van der Waals surface area contributed by atoms with Crippen LogP contribution in [-0.4, -0.2) is 8.42 Å². The van der Waals surface area contributed by atoms with E-state index >= 15 is 0 Å². The minimum Gasteiger partial charge on any atom is -0.200 e. The van der Waals surface area contributed by atoms with Gasteiger partial charge in [-0.05, 0) is 49.2 Å². The van der Waals surface area contributed by atoms with Gasteiger partial charge in [0.1, 0.15) is 0 Å². The highest BCUT2D eigenvalue weighted by atomic mass is 32.2. The number of anilines is 1. The van der Waals surface area contributed by atoms with Crippen LogP contribution >= 0.6 is 0 Å². The van der Waals surface area contributed by atoms with Crippen LogP contribution < -0.4 is 4.31 Å². The standard InChI is InChI=1S/C23H17NO2S/c1-3-21-11-7-8-12-23(21)24(18-17-20-9-5-4-6-10-20)27(25,26)22-15-13-19(2)14-16-22/h1,4-16H,2H3. The Hall–Kier alpha value is -3.47. The Balaban J connectivity index is 2.17. The molecule has 0 unspecified atom stereocenters. The molecule has 3 nitrogen and oxygen atoms in total. The predicted octanol–water partition coefficient (Wildman–Crippen LogP) is 4.18. The van der Waals surface area contributed by atoms with E-state index in [9.17, 15) is 8.42 Å². The molecule has 0 spiro atoms. The molecule has 132 valence electrons. The van der Waals surface area contributed by atoms with Gasteiger partial charge in [0.2, 0.25) is 0 Å². The first kappa shape index (κ1) is 18.3. The third-order valence-electron chi connectivity index (χ3n) is 3.91. The highest BCUT2D eigenvalue weighted by Crippen LogP contribution is 2.26. The molecule has 3 rings (SSSR count). The summed E-state index contributed by atoms with van der Waals surface area (Å²) >= 11 is 0. The molecular weight excluding hydrogens is 354 g/mol. The molecule has 0 N–H and O–H groups in total. The summed E-state index contributed by atoms with van der Waals surface area (Å²) in [4.78, 5) is 0.155. The van der Waals surface area contributed by atoms with Crippen molar-refractivity contribution < 1.29 is 8.42 Å². The lowest BCUT2D eigenvalue weighted by molar-refractivity contribution is 0.596. The molecule has 0 aliphatic carbocycles. The smallest absolute Gasteiger partial charge is 0.200 e. The number of terminal acetylenes is 1. The van der Waals surface area contributed by atoms with Gasteiger partial charge in [-0.3, -0.25) is 0 Å². The molecule has 0 saturated carbocycles. The Morgan fingerprint density at radius 2 is 1.48 bits per heavy atom. The van der Waals surface area contributed by atoms with Gasteiger partial charge in [-0.2, -0.15) is 4.31 Å². The van der Waals surface area contributed by atoms with Crippen molar-refractivity contribution in [2.45, 2.75) is 11.8 Å². The van der Waals surface area contributed by atoms with Gasteiger partial charge < -0.3 is 0 Å². The van der Waals surface area contributed by atoms with Crippen molar-refractivity contribution in [2.24, 2.45) is 0 Å². The van der Waals surface area contributed by atoms with E-state index in [0.29, 0.717) is 16.8 Å². The van der Waals surface area contributed by atoms with Crippen LogP contribution in [0, 0.1) is 31.2 Å². The summed E-state index contributed by atoms with van der Waals surface area (Å²) < 4.78 is 27.6. The quantitative estimate of drug-likeness (QED) is 0.512. The van der Waals surface area contributed by atoms with Gasteiger partial charge in [0.25, 0.3) is 10.0 Å². The third-order valence-corrected chi connectivity index (χ3v) is 5.55. The first-order valence-electron chi connectivity index (χ1n) is 8.27. The minimum atomic E-state index is -3.91. The molecule has 0 amide bonds. The van der Waals surface area contributed by atoms with E-state index in [0.717, 1.165) is 9.87 Å². The van der Waals surface area contributed by atoms with Crippen LogP contribution in [0.3, 0.4) is 0 Å². The lowest BCUT2D eigenvalue weighted by Gasteiger charge is -2.19. The van der Waals surface area contributed by atoms with Crippen LogP contribution in [0.4, 0.5) is 5.69 Å². The average Bonchev–Trinajstić information content (AvgIpc) is 2.69. The molecule has 27 heavy (non-hydrogen) atoms. The Morgan fingerprint density at radius 3 is 2.15 bits per heavy atom. The number of hydrogen-bond donors (Lipinski definition) is 0. The molecule has 0 aromatic heterocycles. The topological polar surface area (TPSA) is 37.4 Å². The largest absolute Gasteiger partial charge is 0.275 e. The van der Waals surface area contributed by atoms with Gasteiger partial charge in [0, 0.05) is 17.2 Å². The summed E-state index contributed by atoms with van der Waals surface area (Å²) in [5, 5.41) is 0. The van der Waals surface area contributed by atoms with Crippen molar-refractivity contribution in [2.75, 3.05) is 4.31 Å². The summed E-state index contributed by atoms with van der Waals surface area (Å²) in [6, 6.07) is 25.5. The second-order valence-electron chi connectivity index (χ2n) is 5.85. The van der Waals surface area contributed by atoms with Crippen LogP contribution in [0.1, 0.15) is 16.7 Å². The molecule has 0 atom stereocenters. The summed E-state index contributed by atoms with van der Waals surface area (Å²) in [6.07, 6.45) is 5.58. The fraction of sp³-hybridized carbons (Fsp3) is 0.0435. The zero-order chi connectivity index (χ0) is 19.3. The SMILES string of the molecule is C#Cc1ccccc1N(C#Cc1ccccc1)S(=O)(=O)c1ccc(C)cc1. The minimum absolute atomic E-state index is 0.155. The molecule has 0 saturated heterocycles. The van der Waals surface area contributed by atoms with E-state index in [-0.39, 0.29) is 4.90 Å². The predicted molar refractivity (Wildman–Crippen MR) is 109 cm³/mol. The summed E-state index contributed by atoms with van der Waals surface area (Å²) in [5.74, 6) is 5.44. The van der Waals surface area contributed by atoms with Crippen molar-refractivity contribution in [1.29, 1.82) is 0 Å². The molecule has 0 radical (unpaired) electrons. The fourth-order valence-electron chi connectivity index (χ4n) is 2.48. The van der Waals surface area contributed by atoms with Crippen LogP contribution in [0.25, 0.3) is 0 Å². The molecule has 0 aliphatic heterocycles. The number of hydrogen-bond acceptors (Lipinski definition) is 2. The van der Waals surface area contributed by atoms with Gasteiger partial charge in [-0.25, -0.2) is 8.42 Å². The monoisotopic (exact) mass is 371 g/mol. The van der Waals surface area contributed by atoms with E-state index in [1.54, 1.807) is 48.5 Å². The van der Waals surface area contributed by atoms with Gasteiger partial charge in [-0.1, -0.05) is 53.9 Å². The third kappa shape index (κ3) is 4.03. The first-order valence-corrected chi connectivity index (χ1v) is 9.71. The number of para-hydroxylation sites is 1. The van der Waals surface area contributed by atoms with Crippen molar-refractivity contribution in [3.8, 4) is 24.3 Å². The maximum absolute atomic E-state index is 13.3. The van der Waals surface area contributed by atoms with Gasteiger partial charge in [0.05, 0.1) is 10.6 Å². The van der Waals surface area contributed by atoms with E-state index < -0.39 is 10.0 Å². The summed E-state index contributed by atoms with van der Waals surface area (Å²) in [6.45, 7) is 1.90. The fourth-order valence-corrected chi connectivity index (χ4v) is 3.75. The Morgan fingerprint density at radius 1 is 0.852 bits per heavy atom. The van der Waals surface area contributed by atoms with Gasteiger partial charge in [0.15, 0.2) is 0 Å². The van der Waals surface area contributed by atoms with Crippen molar-refractivity contribution in [1.82, 2.24) is 0 Å². The van der Waals surface area contributed by atoms with Crippen LogP contribution in [-0.2, 0) is 10.0 Å². The number of nitrogens with zero attached hydrogens (tertiary/aromatic N) is 1. The number of aryl methyl sites for hydroxylation is 1. The molecule has 4 heteroatoms. The molecule has 3 aromatic carbocycles. The zero-order valence-corrected chi connectivity index (χ0v) is 15.6. The van der Waals surface area contributed by atoms with Crippen LogP contribution in [0.15, 0.2) is 83.8 Å². The highest BCUT2D eigenvalue weighted by molar-refractivity contribution is 7.93.